The Morgan fingerprint density at radius 1 is 1.50 bits per heavy atom. The lowest BCUT2D eigenvalue weighted by molar-refractivity contribution is 0.0745. The van der Waals surface area contributed by atoms with E-state index in [0.717, 1.165) is 42.5 Å². The number of rotatable bonds is 2. The molecule has 0 bridgehead atoms. The lowest BCUT2D eigenvalue weighted by Gasteiger charge is -2.37. The summed E-state index contributed by atoms with van der Waals surface area (Å²) in [5.74, 6) is 0.913. The van der Waals surface area contributed by atoms with Crippen LogP contribution in [0.4, 0.5) is 5.69 Å². The number of hydrogen-bond acceptors (Lipinski definition) is 4. The molecule has 1 aromatic rings. The molecule has 1 aromatic carbocycles. The predicted molar refractivity (Wildman–Crippen MR) is 83.6 cm³/mol. The van der Waals surface area contributed by atoms with Gasteiger partial charge in [0.25, 0.3) is 0 Å². The zero-order valence-electron chi connectivity index (χ0n) is 11.5. The van der Waals surface area contributed by atoms with Crippen molar-refractivity contribution in [3.8, 4) is 5.75 Å². The highest BCUT2D eigenvalue weighted by atomic mass is 35.5. The Labute approximate surface area is 130 Å². The summed E-state index contributed by atoms with van der Waals surface area (Å²) in [4.78, 5) is 2.41. The minimum Gasteiger partial charge on any atom is -0.486 e. The van der Waals surface area contributed by atoms with Crippen LogP contribution in [0, 0.1) is 0 Å². The van der Waals surface area contributed by atoms with Crippen LogP contribution in [0.25, 0.3) is 0 Å². The largest absolute Gasteiger partial charge is 0.486 e. The summed E-state index contributed by atoms with van der Waals surface area (Å²) in [6.45, 7) is 3.58. The third kappa shape index (κ3) is 3.14. The monoisotopic (exact) mass is 318 g/mol. The second-order valence-electron chi connectivity index (χ2n) is 5.09. The number of benzene rings is 1. The Bertz CT molecular complexity index is 459. The molecule has 0 unspecified atom stereocenters. The maximum absolute atomic E-state index is 6.14. The van der Waals surface area contributed by atoms with Crippen molar-refractivity contribution in [1.29, 1.82) is 0 Å². The van der Waals surface area contributed by atoms with Crippen molar-refractivity contribution in [2.75, 3.05) is 38.3 Å². The normalized spacial score (nSPS) is 24.8. The molecule has 0 amide bonds. The van der Waals surface area contributed by atoms with Crippen LogP contribution in [-0.4, -0.2) is 45.5 Å². The molecule has 1 fully saturated rings. The van der Waals surface area contributed by atoms with Crippen molar-refractivity contribution in [2.24, 2.45) is 0 Å². The molecule has 0 saturated carbocycles. The van der Waals surface area contributed by atoms with Crippen LogP contribution < -0.4 is 15.0 Å². The average Bonchev–Trinajstić information content (AvgIpc) is 2.56. The molecule has 2 heterocycles. The van der Waals surface area contributed by atoms with Crippen LogP contribution in [0.3, 0.4) is 0 Å². The van der Waals surface area contributed by atoms with Gasteiger partial charge in [0.05, 0.1) is 12.3 Å². The zero-order chi connectivity index (χ0) is 13.2. The first-order valence-corrected chi connectivity index (χ1v) is 7.08. The molecule has 0 spiro atoms. The topological polar surface area (TPSA) is 33.7 Å². The highest BCUT2D eigenvalue weighted by Gasteiger charge is 2.32. The predicted octanol–water partition coefficient (Wildman–Crippen LogP) is 2.34. The van der Waals surface area contributed by atoms with E-state index in [2.05, 4.69) is 10.2 Å². The second-order valence-corrected chi connectivity index (χ2v) is 5.53. The van der Waals surface area contributed by atoms with Crippen LogP contribution in [0.15, 0.2) is 18.2 Å². The number of nitrogens with one attached hydrogen (secondary N) is 1. The molecule has 20 heavy (non-hydrogen) atoms. The maximum Gasteiger partial charge on any atom is 0.143 e. The van der Waals surface area contributed by atoms with Gasteiger partial charge in [-0.05, 0) is 18.2 Å². The van der Waals surface area contributed by atoms with Gasteiger partial charge in [0, 0.05) is 44.2 Å². The van der Waals surface area contributed by atoms with Gasteiger partial charge in [-0.25, -0.2) is 0 Å². The molecule has 2 atom stereocenters. The smallest absolute Gasteiger partial charge is 0.143 e. The fraction of sp³-hybridized carbons (Fsp3) is 0.571. The first kappa shape index (κ1) is 15.7. The minimum atomic E-state index is 0. The van der Waals surface area contributed by atoms with Crippen molar-refractivity contribution < 1.29 is 9.47 Å². The van der Waals surface area contributed by atoms with Gasteiger partial charge in [-0.15, -0.1) is 12.4 Å². The first-order valence-electron chi connectivity index (χ1n) is 6.70. The van der Waals surface area contributed by atoms with E-state index in [1.165, 1.54) is 0 Å². The van der Waals surface area contributed by atoms with E-state index in [1.54, 1.807) is 7.11 Å². The Kier molecular flexibility index (Phi) is 5.38. The Morgan fingerprint density at radius 3 is 3.15 bits per heavy atom. The van der Waals surface area contributed by atoms with Crippen molar-refractivity contribution >= 4 is 29.7 Å². The van der Waals surface area contributed by atoms with Gasteiger partial charge >= 0.3 is 0 Å². The quantitative estimate of drug-likeness (QED) is 0.907. The van der Waals surface area contributed by atoms with E-state index >= 15 is 0 Å². The fourth-order valence-corrected chi connectivity index (χ4v) is 3.09. The summed E-state index contributed by atoms with van der Waals surface area (Å²) in [6.07, 6.45) is 1.06. The number of fused-ring (bicyclic) bond motifs is 3. The van der Waals surface area contributed by atoms with Crippen LogP contribution in [0.2, 0.25) is 5.02 Å². The number of anilines is 1. The van der Waals surface area contributed by atoms with Crippen molar-refractivity contribution in [1.82, 2.24) is 5.32 Å². The van der Waals surface area contributed by atoms with Crippen LogP contribution in [0.5, 0.6) is 5.75 Å². The lowest BCUT2D eigenvalue weighted by atomic mass is 10.1. The van der Waals surface area contributed by atoms with Crippen molar-refractivity contribution in [3.63, 3.8) is 0 Å². The van der Waals surface area contributed by atoms with E-state index in [1.807, 2.05) is 18.2 Å². The first-order chi connectivity index (χ1) is 9.28. The van der Waals surface area contributed by atoms with Gasteiger partial charge < -0.3 is 19.7 Å². The third-order valence-corrected chi connectivity index (χ3v) is 4.00. The van der Waals surface area contributed by atoms with E-state index in [-0.39, 0.29) is 18.5 Å². The van der Waals surface area contributed by atoms with Crippen LogP contribution in [-0.2, 0) is 4.74 Å². The standard InChI is InChI=1S/C14H19ClN2O2.ClH/c1-18-9-12-7-11-8-16-4-5-17(11)13-6-10(15)2-3-14(13)19-12;/h2-3,6,11-12,16H,4-5,7-9H2,1H3;1H/t11-,12+;/m1./s1. The molecular formula is C14H20Cl2N2O2. The molecule has 1 N–H and O–H groups in total. The van der Waals surface area contributed by atoms with E-state index in [4.69, 9.17) is 21.1 Å². The molecule has 0 aliphatic carbocycles. The lowest BCUT2D eigenvalue weighted by Crippen LogP contribution is -2.52. The highest BCUT2D eigenvalue weighted by Crippen LogP contribution is 2.37. The van der Waals surface area contributed by atoms with E-state index in [0.29, 0.717) is 12.6 Å². The molecule has 2 aliphatic rings. The number of halogens is 2. The summed E-state index contributed by atoms with van der Waals surface area (Å²) in [5.41, 5.74) is 1.11. The molecule has 1 saturated heterocycles. The summed E-state index contributed by atoms with van der Waals surface area (Å²) < 4.78 is 11.4. The number of piperazine rings is 1. The Hall–Kier alpha value is -0.680. The SMILES string of the molecule is COC[C@@H]1C[C@@H]2CNCCN2c2cc(Cl)ccc2O1.Cl. The number of hydrogen-bond donors (Lipinski definition) is 1. The van der Waals surface area contributed by atoms with Gasteiger partial charge in [0.1, 0.15) is 11.9 Å². The highest BCUT2D eigenvalue weighted by molar-refractivity contribution is 6.30. The molecule has 3 rings (SSSR count). The number of nitrogens with zero attached hydrogens (tertiary/aromatic N) is 1. The number of methoxy groups -OCH3 is 1. The molecule has 2 aliphatic heterocycles. The summed E-state index contributed by atoms with van der Waals surface area (Å²) in [7, 11) is 1.72. The molecule has 0 radical (unpaired) electrons. The van der Waals surface area contributed by atoms with Gasteiger partial charge in [0.15, 0.2) is 0 Å². The number of ether oxygens (including phenoxy) is 2. The molecule has 6 heteroatoms. The molecule has 0 aromatic heterocycles. The Balaban J connectivity index is 0.00000147. The fourth-order valence-electron chi connectivity index (χ4n) is 2.92. The van der Waals surface area contributed by atoms with Crippen LogP contribution in [0.1, 0.15) is 6.42 Å². The van der Waals surface area contributed by atoms with Crippen molar-refractivity contribution in [2.45, 2.75) is 18.6 Å². The Morgan fingerprint density at radius 2 is 2.35 bits per heavy atom. The van der Waals surface area contributed by atoms with Gasteiger partial charge in [-0.2, -0.15) is 0 Å². The zero-order valence-corrected chi connectivity index (χ0v) is 13.0. The summed E-state index contributed by atoms with van der Waals surface area (Å²) in [5, 5.41) is 4.20. The van der Waals surface area contributed by atoms with Gasteiger partial charge in [-0.3, -0.25) is 0 Å². The van der Waals surface area contributed by atoms with E-state index < -0.39 is 0 Å². The molecule has 4 nitrogen and oxygen atoms in total. The van der Waals surface area contributed by atoms with Gasteiger partial charge in [0.2, 0.25) is 0 Å². The summed E-state index contributed by atoms with van der Waals surface area (Å²) in [6, 6.07) is 6.29. The summed E-state index contributed by atoms with van der Waals surface area (Å²) >= 11 is 6.14. The molecular weight excluding hydrogens is 299 g/mol. The van der Waals surface area contributed by atoms with Crippen molar-refractivity contribution in [3.05, 3.63) is 23.2 Å². The average molecular weight is 319 g/mol. The van der Waals surface area contributed by atoms with Crippen LogP contribution >= 0.6 is 24.0 Å². The van der Waals surface area contributed by atoms with Gasteiger partial charge in [-0.1, -0.05) is 11.6 Å². The third-order valence-electron chi connectivity index (χ3n) is 3.76. The maximum atomic E-state index is 6.14. The minimum absolute atomic E-state index is 0. The van der Waals surface area contributed by atoms with E-state index in [9.17, 15) is 0 Å². The second kappa shape index (κ2) is 6.85. The molecule has 112 valence electrons.